The second-order valence-corrected chi connectivity index (χ2v) is 7.29. The molecule has 0 saturated carbocycles. The minimum absolute atomic E-state index is 0.241. The molecule has 0 radical (unpaired) electrons. The van der Waals surface area contributed by atoms with Crippen LogP contribution in [0.3, 0.4) is 0 Å². The van der Waals surface area contributed by atoms with Crippen LogP contribution in [0, 0.1) is 5.82 Å². The molecule has 3 aromatic rings. The van der Waals surface area contributed by atoms with Crippen molar-refractivity contribution in [3.63, 3.8) is 0 Å². The van der Waals surface area contributed by atoms with Crippen LogP contribution in [0.1, 0.15) is 46.4 Å². The normalized spacial score (nSPS) is 15.6. The molecule has 0 spiro atoms. The Labute approximate surface area is 175 Å². The van der Waals surface area contributed by atoms with E-state index in [1.807, 2.05) is 6.08 Å². The van der Waals surface area contributed by atoms with Crippen LogP contribution in [0.15, 0.2) is 42.9 Å². The lowest BCUT2D eigenvalue weighted by Gasteiger charge is -2.19. The van der Waals surface area contributed by atoms with Gasteiger partial charge in [-0.25, -0.2) is 4.39 Å². The number of pyridine rings is 1. The van der Waals surface area contributed by atoms with E-state index in [0.717, 1.165) is 30.2 Å². The zero-order valence-corrected chi connectivity index (χ0v) is 16.5. The highest BCUT2D eigenvalue weighted by molar-refractivity contribution is 5.96. The van der Waals surface area contributed by atoms with Crippen molar-refractivity contribution in [3.8, 4) is 0 Å². The Kier molecular flexibility index (Phi) is 5.48. The Morgan fingerprint density at radius 3 is 2.84 bits per heavy atom. The summed E-state index contributed by atoms with van der Waals surface area (Å²) in [7, 11) is 0. The topological polar surface area (TPSA) is 71.3 Å². The molecule has 1 aromatic carbocycles. The van der Waals surface area contributed by atoms with Crippen molar-refractivity contribution < 1.29 is 22.4 Å². The van der Waals surface area contributed by atoms with Gasteiger partial charge >= 0.3 is 6.18 Å². The lowest BCUT2D eigenvalue weighted by Crippen LogP contribution is -2.28. The van der Waals surface area contributed by atoms with Crippen LogP contribution in [-0.2, 0) is 6.18 Å². The third-order valence-corrected chi connectivity index (χ3v) is 5.21. The molecule has 162 valence electrons. The van der Waals surface area contributed by atoms with Crippen molar-refractivity contribution in [2.45, 2.75) is 25.6 Å². The molecule has 0 aliphatic carbocycles. The first-order valence-electron chi connectivity index (χ1n) is 9.65. The summed E-state index contributed by atoms with van der Waals surface area (Å²) in [4.78, 5) is 12.9. The van der Waals surface area contributed by atoms with Gasteiger partial charge in [0.05, 0.1) is 17.2 Å². The third kappa shape index (κ3) is 4.15. The molecule has 6 nitrogen and oxygen atoms in total. The van der Waals surface area contributed by atoms with Crippen LogP contribution in [0.5, 0.6) is 0 Å². The fraction of sp³-hybridized carbons (Fsp3) is 0.286. The van der Waals surface area contributed by atoms with Crippen molar-refractivity contribution in [1.82, 2.24) is 25.2 Å². The van der Waals surface area contributed by atoms with Gasteiger partial charge in [-0.15, -0.1) is 10.2 Å². The maximum absolute atomic E-state index is 14.4. The first kappa shape index (κ1) is 21.0. The highest BCUT2D eigenvalue weighted by Gasteiger charge is 2.35. The average molecular weight is 433 g/mol. The molecule has 4 rings (SSSR count). The van der Waals surface area contributed by atoms with Crippen molar-refractivity contribution >= 4 is 17.1 Å². The van der Waals surface area contributed by atoms with Crippen LogP contribution in [0.2, 0.25) is 0 Å². The summed E-state index contributed by atoms with van der Waals surface area (Å²) in [6.45, 7) is 2.91. The van der Waals surface area contributed by atoms with Crippen molar-refractivity contribution in [1.29, 1.82) is 0 Å². The molecular formula is C21H19F4N5O. The summed E-state index contributed by atoms with van der Waals surface area (Å²) < 4.78 is 55.1. The fourth-order valence-corrected chi connectivity index (χ4v) is 3.63. The van der Waals surface area contributed by atoms with E-state index in [-0.39, 0.29) is 11.1 Å². The van der Waals surface area contributed by atoms with E-state index in [2.05, 4.69) is 20.8 Å². The Bertz CT molecular complexity index is 1170. The standard InChI is InChI=1S/C21H19F4N5O/c1-12(15-3-2-4-17(18(15)22)21(23,24)25)28-20(31)14-9-16(13-5-7-26-8-6-13)19-29-27-11-30(19)10-14/h2-5,9-12,26H,6-8H2,1H3,(H,28,31)/t12-/m1/s1. The SMILES string of the molecule is C[C@@H](NC(=O)c1cc(C2=CCNCC2)c2nncn2c1)c1cccc(C(F)(F)F)c1F. The molecule has 31 heavy (non-hydrogen) atoms. The van der Waals surface area contributed by atoms with Crippen LogP contribution < -0.4 is 10.6 Å². The van der Waals surface area contributed by atoms with Gasteiger partial charge in [-0.1, -0.05) is 18.2 Å². The summed E-state index contributed by atoms with van der Waals surface area (Å²) in [5, 5.41) is 13.8. The minimum atomic E-state index is -4.82. The lowest BCUT2D eigenvalue weighted by atomic mass is 9.99. The highest BCUT2D eigenvalue weighted by Crippen LogP contribution is 2.34. The van der Waals surface area contributed by atoms with E-state index in [4.69, 9.17) is 0 Å². The number of rotatable bonds is 4. The van der Waals surface area contributed by atoms with Gasteiger partial charge in [0.1, 0.15) is 12.1 Å². The third-order valence-electron chi connectivity index (χ3n) is 5.21. The predicted molar refractivity (Wildman–Crippen MR) is 106 cm³/mol. The van der Waals surface area contributed by atoms with Gasteiger partial charge in [0, 0.05) is 23.9 Å². The molecule has 1 amide bonds. The lowest BCUT2D eigenvalue weighted by molar-refractivity contribution is -0.140. The molecule has 3 heterocycles. The first-order valence-corrected chi connectivity index (χ1v) is 9.65. The van der Waals surface area contributed by atoms with Crippen molar-refractivity contribution in [2.24, 2.45) is 0 Å². The van der Waals surface area contributed by atoms with Gasteiger partial charge in [-0.2, -0.15) is 13.2 Å². The number of halogens is 4. The molecule has 0 unspecified atom stereocenters. The summed E-state index contributed by atoms with van der Waals surface area (Å²) in [6, 6.07) is 3.71. The number of carbonyl (C=O) groups excluding carboxylic acids is 1. The quantitative estimate of drug-likeness (QED) is 0.615. The van der Waals surface area contributed by atoms with Crippen LogP contribution in [0.25, 0.3) is 11.2 Å². The Morgan fingerprint density at radius 2 is 2.13 bits per heavy atom. The number of nitrogens with zero attached hydrogens (tertiary/aromatic N) is 3. The zero-order chi connectivity index (χ0) is 22.2. The zero-order valence-electron chi connectivity index (χ0n) is 16.5. The summed E-state index contributed by atoms with van der Waals surface area (Å²) in [5.41, 5.74) is 1.03. The number of fused-ring (bicyclic) bond motifs is 1. The number of alkyl halides is 3. The van der Waals surface area contributed by atoms with E-state index >= 15 is 0 Å². The largest absolute Gasteiger partial charge is 0.419 e. The smallest absolute Gasteiger partial charge is 0.345 e. The maximum atomic E-state index is 14.4. The molecular weight excluding hydrogens is 414 g/mol. The molecule has 0 fully saturated rings. The number of nitrogens with one attached hydrogen (secondary N) is 2. The second kappa shape index (κ2) is 8.10. The summed E-state index contributed by atoms with van der Waals surface area (Å²) in [6.07, 6.45) is 0.939. The number of hydrogen-bond acceptors (Lipinski definition) is 4. The Morgan fingerprint density at radius 1 is 1.32 bits per heavy atom. The summed E-state index contributed by atoms with van der Waals surface area (Å²) in [5.74, 6) is -1.94. The monoisotopic (exact) mass is 433 g/mol. The van der Waals surface area contributed by atoms with Gasteiger partial charge in [0.2, 0.25) is 0 Å². The van der Waals surface area contributed by atoms with Crippen molar-refractivity contribution in [2.75, 3.05) is 13.1 Å². The van der Waals surface area contributed by atoms with Crippen LogP contribution >= 0.6 is 0 Å². The van der Waals surface area contributed by atoms with Crippen molar-refractivity contribution in [3.05, 3.63) is 70.9 Å². The number of carbonyl (C=O) groups is 1. The van der Waals surface area contributed by atoms with Gasteiger partial charge in [-0.05, 0) is 37.6 Å². The Balaban J connectivity index is 1.64. The highest BCUT2D eigenvalue weighted by atomic mass is 19.4. The fourth-order valence-electron chi connectivity index (χ4n) is 3.63. The molecule has 1 atom stereocenters. The number of amides is 1. The van der Waals surface area contributed by atoms with E-state index in [9.17, 15) is 22.4 Å². The van der Waals surface area contributed by atoms with Crippen LogP contribution in [-0.4, -0.2) is 33.6 Å². The second-order valence-electron chi connectivity index (χ2n) is 7.29. The molecule has 0 saturated heterocycles. The maximum Gasteiger partial charge on any atom is 0.419 e. The number of hydrogen-bond donors (Lipinski definition) is 2. The van der Waals surface area contributed by atoms with E-state index in [0.29, 0.717) is 18.3 Å². The molecule has 2 N–H and O–H groups in total. The van der Waals surface area contributed by atoms with E-state index in [1.54, 1.807) is 10.5 Å². The van der Waals surface area contributed by atoms with E-state index in [1.165, 1.54) is 25.5 Å². The Hall–Kier alpha value is -3.27. The molecule has 0 bridgehead atoms. The van der Waals surface area contributed by atoms with E-state index < -0.39 is 29.5 Å². The van der Waals surface area contributed by atoms with Gasteiger partial charge in [0.15, 0.2) is 5.65 Å². The first-order chi connectivity index (χ1) is 14.8. The average Bonchev–Trinajstić information content (AvgIpc) is 3.21. The summed E-state index contributed by atoms with van der Waals surface area (Å²) >= 11 is 0. The number of benzene rings is 1. The van der Waals surface area contributed by atoms with Crippen LogP contribution in [0.4, 0.5) is 17.6 Å². The van der Waals surface area contributed by atoms with Gasteiger partial charge in [0.25, 0.3) is 5.91 Å². The number of aromatic nitrogens is 3. The van der Waals surface area contributed by atoms with Gasteiger partial charge in [-0.3, -0.25) is 9.20 Å². The molecule has 2 aromatic heterocycles. The minimum Gasteiger partial charge on any atom is -0.345 e. The molecule has 1 aliphatic heterocycles. The molecule has 1 aliphatic rings. The van der Waals surface area contributed by atoms with Gasteiger partial charge < -0.3 is 10.6 Å². The molecule has 10 heteroatoms. The predicted octanol–water partition coefficient (Wildman–Crippen LogP) is 3.75.